The van der Waals surface area contributed by atoms with Gasteiger partial charge in [0.05, 0.1) is 0 Å². The first-order valence-corrected chi connectivity index (χ1v) is 6.71. The molecule has 20 heavy (non-hydrogen) atoms. The smallest absolute Gasteiger partial charge is 0.414 e. The highest BCUT2D eigenvalue weighted by Crippen LogP contribution is 2.35. The molecule has 2 unspecified atom stereocenters. The van der Waals surface area contributed by atoms with Gasteiger partial charge in [-0.05, 0) is 20.8 Å². The molecule has 0 aromatic rings. The largest absolute Gasteiger partial charge is 0.444 e. The molecule has 0 bridgehead atoms. The molecule has 1 saturated heterocycles. The number of hydrogen-bond donors (Lipinski definition) is 0. The van der Waals surface area contributed by atoms with E-state index in [1.807, 2.05) is 20.8 Å². The van der Waals surface area contributed by atoms with Crippen LogP contribution in [-0.4, -0.2) is 54.0 Å². The second-order valence-electron chi connectivity index (χ2n) is 7.16. The molecule has 0 aliphatic carbocycles. The van der Waals surface area contributed by atoms with Crippen molar-refractivity contribution in [2.45, 2.75) is 59.5 Å². The van der Waals surface area contributed by atoms with Crippen LogP contribution in [0.25, 0.3) is 0 Å². The van der Waals surface area contributed by atoms with Gasteiger partial charge in [-0.15, -0.1) is 0 Å². The highest BCUT2D eigenvalue weighted by molar-refractivity contribution is 5.88. The minimum absolute atomic E-state index is 0.238. The van der Waals surface area contributed by atoms with Crippen molar-refractivity contribution in [1.29, 1.82) is 0 Å². The molecule has 1 heterocycles. The predicted molar refractivity (Wildman–Crippen MR) is 74.9 cm³/mol. The fourth-order valence-corrected chi connectivity index (χ4v) is 2.45. The minimum Gasteiger partial charge on any atom is -0.444 e. The molecule has 0 spiro atoms. The van der Waals surface area contributed by atoms with Gasteiger partial charge in [-0.25, -0.2) is 4.79 Å². The SMILES string of the molecule is COC1C(=O)N(C)C(C(C)(C)C)N1C(=O)OC(C)(C)C. The first-order valence-electron chi connectivity index (χ1n) is 6.71. The number of ether oxygens (including phenoxy) is 2. The van der Waals surface area contributed by atoms with Crippen LogP contribution < -0.4 is 0 Å². The van der Waals surface area contributed by atoms with E-state index in [4.69, 9.17) is 9.47 Å². The molecule has 6 nitrogen and oxygen atoms in total. The summed E-state index contributed by atoms with van der Waals surface area (Å²) < 4.78 is 10.6. The van der Waals surface area contributed by atoms with Crippen molar-refractivity contribution in [3.05, 3.63) is 0 Å². The third-order valence-corrected chi connectivity index (χ3v) is 3.04. The van der Waals surface area contributed by atoms with Gasteiger partial charge < -0.3 is 14.4 Å². The summed E-state index contributed by atoms with van der Waals surface area (Å²) in [6.07, 6.45) is -1.88. The van der Waals surface area contributed by atoms with Crippen molar-refractivity contribution in [3.8, 4) is 0 Å². The standard InChI is InChI=1S/C14H26N2O4/c1-13(2,3)11-15(7)9(17)10(19-8)16(11)12(18)20-14(4,5)6/h10-11H,1-8H3. The maximum Gasteiger partial charge on any atom is 0.414 e. The van der Waals surface area contributed by atoms with Crippen molar-refractivity contribution >= 4 is 12.0 Å². The van der Waals surface area contributed by atoms with Crippen molar-refractivity contribution in [3.63, 3.8) is 0 Å². The summed E-state index contributed by atoms with van der Waals surface area (Å²) >= 11 is 0. The Morgan fingerprint density at radius 2 is 1.65 bits per heavy atom. The molecule has 0 aromatic carbocycles. The summed E-state index contributed by atoms with van der Waals surface area (Å²) in [4.78, 5) is 27.6. The Hall–Kier alpha value is -1.30. The van der Waals surface area contributed by atoms with Crippen LogP contribution in [0.2, 0.25) is 0 Å². The van der Waals surface area contributed by atoms with Crippen LogP contribution >= 0.6 is 0 Å². The lowest BCUT2D eigenvalue weighted by Gasteiger charge is -2.38. The van der Waals surface area contributed by atoms with Gasteiger partial charge in [0.2, 0.25) is 6.23 Å². The molecule has 2 amide bonds. The van der Waals surface area contributed by atoms with Gasteiger partial charge in [0.15, 0.2) is 0 Å². The molecule has 0 N–H and O–H groups in total. The first-order chi connectivity index (χ1) is 8.90. The van der Waals surface area contributed by atoms with Gasteiger partial charge in [0.25, 0.3) is 5.91 Å². The molecular weight excluding hydrogens is 260 g/mol. The lowest BCUT2D eigenvalue weighted by Crippen LogP contribution is -2.52. The number of carbonyl (C=O) groups excluding carboxylic acids is 2. The normalized spacial score (nSPS) is 24.3. The van der Waals surface area contributed by atoms with Gasteiger partial charge in [-0.1, -0.05) is 20.8 Å². The zero-order chi connectivity index (χ0) is 15.9. The van der Waals surface area contributed by atoms with Crippen molar-refractivity contribution in [2.24, 2.45) is 5.41 Å². The summed E-state index contributed by atoms with van der Waals surface area (Å²) in [6, 6.07) is 0. The second-order valence-corrected chi connectivity index (χ2v) is 7.16. The molecule has 116 valence electrons. The molecule has 6 heteroatoms. The molecular formula is C14H26N2O4. The van der Waals surface area contributed by atoms with Crippen LogP contribution in [0.15, 0.2) is 0 Å². The van der Waals surface area contributed by atoms with E-state index in [0.29, 0.717) is 0 Å². The summed E-state index contributed by atoms with van der Waals surface area (Å²) in [5, 5.41) is 0. The number of amides is 2. The molecule has 0 aromatic heterocycles. The lowest BCUT2D eigenvalue weighted by molar-refractivity contribution is -0.138. The highest BCUT2D eigenvalue weighted by atomic mass is 16.6. The average molecular weight is 286 g/mol. The van der Waals surface area contributed by atoms with Gasteiger partial charge in [0.1, 0.15) is 11.8 Å². The van der Waals surface area contributed by atoms with Crippen molar-refractivity contribution < 1.29 is 19.1 Å². The minimum atomic E-state index is -0.931. The fourth-order valence-electron chi connectivity index (χ4n) is 2.45. The highest BCUT2D eigenvalue weighted by Gasteiger charge is 2.52. The van der Waals surface area contributed by atoms with E-state index in [-0.39, 0.29) is 11.3 Å². The number of likely N-dealkylation sites (N-methyl/N-ethyl adjacent to an activating group) is 1. The summed E-state index contributed by atoms with van der Waals surface area (Å²) in [5.41, 5.74) is -0.934. The molecule has 1 rings (SSSR count). The number of carbonyl (C=O) groups is 2. The predicted octanol–water partition coefficient (Wildman–Crippen LogP) is 2.04. The Bertz CT molecular complexity index is 395. The van der Waals surface area contributed by atoms with Crippen LogP contribution in [0.3, 0.4) is 0 Å². The van der Waals surface area contributed by atoms with E-state index in [2.05, 4.69) is 0 Å². The van der Waals surface area contributed by atoms with Gasteiger partial charge in [0, 0.05) is 19.6 Å². The van der Waals surface area contributed by atoms with E-state index in [0.717, 1.165) is 0 Å². The van der Waals surface area contributed by atoms with E-state index in [9.17, 15) is 9.59 Å². The number of hydrogen-bond acceptors (Lipinski definition) is 4. The van der Waals surface area contributed by atoms with Gasteiger partial charge in [-0.2, -0.15) is 0 Å². The summed E-state index contributed by atoms with van der Waals surface area (Å²) in [6.45, 7) is 11.3. The fraction of sp³-hybridized carbons (Fsp3) is 0.857. The third-order valence-electron chi connectivity index (χ3n) is 3.04. The maximum absolute atomic E-state index is 12.4. The third kappa shape index (κ3) is 3.23. The number of rotatable bonds is 1. The molecule has 0 radical (unpaired) electrons. The topological polar surface area (TPSA) is 59.1 Å². The Balaban J connectivity index is 3.15. The van der Waals surface area contributed by atoms with Gasteiger partial charge >= 0.3 is 6.09 Å². The molecule has 0 saturated carbocycles. The summed E-state index contributed by atoms with van der Waals surface area (Å²) in [5.74, 6) is -0.238. The van der Waals surface area contributed by atoms with E-state index in [1.165, 1.54) is 16.9 Å². The Morgan fingerprint density at radius 1 is 1.15 bits per heavy atom. The molecule has 2 atom stereocenters. The number of methoxy groups -OCH3 is 1. The van der Waals surface area contributed by atoms with E-state index in [1.54, 1.807) is 27.8 Å². The lowest BCUT2D eigenvalue weighted by atomic mass is 9.91. The van der Waals surface area contributed by atoms with E-state index >= 15 is 0 Å². The first kappa shape index (κ1) is 16.8. The zero-order valence-electron chi connectivity index (χ0n) is 13.7. The van der Waals surface area contributed by atoms with Crippen LogP contribution in [-0.2, 0) is 14.3 Å². The Morgan fingerprint density at radius 3 is 2.00 bits per heavy atom. The van der Waals surface area contributed by atoms with Crippen LogP contribution in [0.1, 0.15) is 41.5 Å². The van der Waals surface area contributed by atoms with Crippen molar-refractivity contribution in [1.82, 2.24) is 9.80 Å². The Labute approximate surface area is 121 Å². The second kappa shape index (κ2) is 5.24. The van der Waals surface area contributed by atoms with Crippen LogP contribution in [0, 0.1) is 5.41 Å². The van der Waals surface area contributed by atoms with Crippen LogP contribution in [0.4, 0.5) is 4.79 Å². The Kier molecular flexibility index (Phi) is 4.39. The number of nitrogens with zero attached hydrogens (tertiary/aromatic N) is 2. The maximum atomic E-state index is 12.4. The van der Waals surface area contributed by atoms with Crippen LogP contribution in [0.5, 0.6) is 0 Å². The zero-order valence-corrected chi connectivity index (χ0v) is 13.7. The van der Waals surface area contributed by atoms with Crippen molar-refractivity contribution in [2.75, 3.05) is 14.2 Å². The molecule has 1 aliphatic rings. The summed E-state index contributed by atoms with van der Waals surface area (Å²) in [7, 11) is 3.09. The molecule has 1 aliphatic heterocycles. The average Bonchev–Trinajstić information content (AvgIpc) is 2.48. The monoisotopic (exact) mass is 286 g/mol. The quantitative estimate of drug-likeness (QED) is 0.740. The van der Waals surface area contributed by atoms with Gasteiger partial charge in [-0.3, -0.25) is 9.69 Å². The molecule has 1 fully saturated rings. The van der Waals surface area contributed by atoms with E-state index < -0.39 is 24.1 Å².